The summed E-state index contributed by atoms with van der Waals surface area (Å²) in [5.74, 6) is -1.02. The molecule has 1 atom stereocenters. The van der Waals surface area contributed by atoms with Crippen LogP contribution in [0.5, 0.6) is 0 Å². The maximum Gasteiger partial charge on any atom is 0.416 e. The van der Waals surface area contributed by atoms with E-state index >= 15 is 0 Å². The monoisotopic (exact) mass is 419 g/mol. The van der Waals surface area contributed by atoms with Gasteiger partial charge in [-0.15, -0.1) is 0 Å². The first-order valence-corrected chi connectivity index (χ1v) is 9.22. The lowest BCUT2D eigenvalue weighted by Crippen LogP contribution is -2.41. The molecular formula is C21H20F3N3O3. The molecular weight excluding hydrogens is 399 g/mol. The highest BCUT2D eigenvalue weighted by atomic mass is 19.4. The average molecular weight is 419 g/mol. The Morgan fingerprint density at radius 1 is 1.13 bits per heavy atom. The third-order valence-electron chi connectivity index (χ3n) is 4.51. The number of aryl methyl sites for hydroxylation is 1. The van der Waals surface area contributed by atoms with Crippen LogP contribution in [-0.2, 0) is 27.1 Å². The standard InChI is InChI=1S/C21H20F3N3O3/c1-13-5-7-15(8-6-13)17-10-18(30-27-17)20(29)26-12-19(28)25-11-14-3-2-4-16(9-14)21(22,23)24/h2-9,18H,10-12H2,1H3,(H,25,28)(H,26,29). The molecule has 0 fully saturated rings. The highest BCUT2D eigenvalue weighted by molar-refractivity contribution is 6.04. The topological polar surface area (TPSA) is 79.8 Å². The van der Waals surface area contributed by atoms with Crippen molar-refractivity contribution in [3.8, 4) is 0 Å². The third kappa shape index (κ3) is 5.59. The maximum absolute atomic E-state index is 12.7. The first-order valence-electron chi connectivity index (χ1n) is 9.22. The van der Waals surface area contributed by atoms with Crippen LogP contribution in [0.15, 0.2) is 53.7 Å². The molecule has 2 aromatic rings. The highest BCUT2D eigenvalue weighted by Gasteiger charge is 2.30. The minimum atomic E-state index is -4.45. The van der Waals surface area contributed by atoms with E-state index in [1.165, 1.54) is 12.1 Å². The molecule has 3 rings (SSSR count). The van der Waals surface area contributed by atoms with E-state index in [-0.39, 0.29) is 19.5 Å². The van der Waals surface area contributed by atoms with Gasteiger partial charge in [0.25, 0.3) is 5.91 Å². The Balaban J connectivity index is 1.43. The van der Waals surface area contributed by atoms with Crippen molar-refractivity contribution < 1.29 is 27.6 Å². The molecule has 9 heteroatoms. The third-order valence-corrected chi connectivity index (χ3v) is 4.51. The van der Waals surface area contributed by atoms with Gasteiger partial charge in [-0.3, -0.25) is 9.59 Å². The van der Waals surface area contributed by atoms with E-state index in [4.69, 9.17) is 4.84 Å². The number of amides is 2. The largest absolute Gasteiger partial charge is 0.416 e. The van der Waals surface area contributed by atoms with Crippen molar-refractivity contribution in [2.24, 2.45) is 5.16 Å². The Bertz CT molecular complexity index is 956. The predicted molar refractivity (Wildman–Crippen MR) is 104 cm³/mol. The number of carbonyl (C=O) groups is 2. The summed E-state index contributed by atoms with van der Waals surface area (Å²) in [4.78, 5) is 29.3. The van der Waals surface area contributed by atoms with Gasteiger partial charge in [0, 0.05) is 13.0 Å². The van der Waals surface area contributed by atoms with Crippen LogP contribution >= 0.6 is 0 Å². The van der Waals surface area contributed by atoms with E-state index in [1.54, 1.807) is 0 Å². The number of oxime groups is 1. The maximum atomic E-state index is 12.7. The Labute approximate surface area is 171 Å². The van der Waals surface area contributed by atoms with E-state index in [2.05, 4.69) is 15.8 Å². The Morgan fingerprint density at radius 3 is 2.57 bits per heavy atom. The summed E-state index contributed by atoms with van der Waals surface area (Å²) in [5.41, 5.74) is 2.12. The molecule has 0 radical (unpaired) electrons. The number of rotatable bonds is 6. The van der Waals surface area contributed by atoms with Crippen molar-refractivity contribution in [2.45, 2.75) is 32.2 Å². The zero-order chi connectivity index (χ0) is 21.7. The normalized spacial score (nSPS) is 15.9. The van der Waals surface area contributed by atoms with Gasteiger partial charge in [0.2, 0.25) is 12.0 Å². The molecule has 0 bridgehead atoms. The molecule has 1 aliphatic rings. The van der Waals surface area contributed by atoms with Gasteiger partial charge < -0.3 is 15.5 Å². The second-order valence-electron chi connectivity index (χ2n) is 6.89. The molecule has 2 N–H and O–H groups in total. The van der Waals surface area contributed by atoms with Gasteiger partial charge in [0.1, 0.15) is 0 Å². The van der Waals surface area contributed by atoms with Gasteiger partial charge in [0.05, 0.1) is 17.8 Å². The first kappa shape index (κ1) is 21.4. The van der Waals surface area contributed by atoms with Crippen molar-refractivity contribution in [1.29, 1.82) is 0 Å². The predicted octanol–water partition coefficient (Wildman–Crippen LogP) is 2.94. The fourth-order valence-corrected chi connectivity index (χ4v) is 2.84. The first-order chi connectivity index (χ1) is 14.2. The second kappa shape index (κ2) is 8.98. The molecule has 30 heavy (non-hydrogen) atoms. The summed E-state index contributed by atoms with van der Waals surface area (Å²) in [6.07, 6.45) is -5.01. The second-order valence-corrected chi connectivity index (χ2v) is 6.89. The van der Waals surface area contributed by atoms with Crippen molar-refractivity contribution in [1.82, 2.24) is 10.6 Å². The number of nitrogens with zero attached hydrogens (tertiary/aromatic N) is 1. The summed E-state index contributed by atoms with van der Waals surface area (Å²) in [6, 6.07) is 12.3. The van der Waals surface area contributed by atoms with Gasteiger partial charge in [-0.2, -0.15) is 13.2 Å². The fourth-order valence-electron chi connectivity index (χ4n) is 2.84. The van der Waals surface area contributed by atoms with Crippen molar-refractivity contribution in [3.05, 3.63) is 70.8 Å². The van der Waals surface area contributed by atoms with Gasteiger partial charge in [-0.05, 0) is 30.2 Å². The van der Waals surface area contributed by atoms with Crippen LogP contribution in [0.1, 0.15) is 28.7 Å². The highest BCUT2D eigenvalue weighted by Crippen LogP contribution is 2.29. The number of carbonyl (C=O) groups excluding carboxylic acids is 2. The van der Waals surface area contributed by atoms with Crippen molar-refractivity contribution in [3.63, 3.8) is 0 Å². The number of hydrogen-bond donors (Lipinski definition) is 2. The van der Waals surface area contributed by atoms with E-state index in [1.807, 2.05) is 31.2 Å². The van der Waals surface area contributed by atoms with Crippen LogP contribution in [0, 0.1) is 6.92 Å². The van der Waals surface area contributed by atoms with Crippen LogP contribution in [0.2, 0.25) is 0 Å². The van der Waals surface area contributed by atoms with Crippen LogP contribution < -0.4 is 10.6 Å². The van der Waals surface area contributed by atoms with Gasteiger partial charge in [-0.25, -0.2) is 0 Å². The molecule has 1 aliphatic heterocycles. The van der Waals surface area contributed by atoms with E-state index in [9.17, 15) is 22.8 Å². The summed E-state index contributed by atoms with van der Waals surface area (Å²) < 4.78 is 38.2. The molecule has 0 saturated heterocycles. The molecule has 0 saturated carbocycles. The molecule has 2 aromatic carbocycles. The van der Waals surface area contributed by atoms with Crippen LogP contribution in [0.3, 0.4) is 0 Å². The van der Waals surface area contributed by atoms with Gasteiger partial charge in [0.15, 0.2) is 0 Å². The van der Waals surface area contributed by atoms with Gasteiger partial charge >= 0.3 is 6.18 Å². The summed E-state index contributed by atoms with van der Waals surface area (Å²) in [6.45, 7) is 1.56. The van der Waals surface area contributed by atoms with Crippen molar-refractivity contribution >= 4 is 17.5 Å². The fraction of sp³-hybridized carbons (Fsp3) is 0.286. The average Bonchev–Trinajstić information content (AvgIpc) is 3.21. The zero-order valence-electron chi connectivity index (χ0n) is 16.1. The Kier molecular flexibility index (Phi) is 6.39. The Hall–Kier alpha value is -3.36. The lowest BCUT2D eigenvalue weighted by Gasteiger charge is -2.11. The lowest BCUT2D eigenvalue weighted by atomic mass is 10.0. The quantitative estimate of drug-likeness (QED) is 0.756. The Morgan fingerprint density at radius 2 is 1.87 bits per heavy atom. The van der Waals surface area contributed by atoms with Crippen molar-refractivity contribution in [2.75, 3.05) is 6.54 Å². The molecule has 158 valence electrons. The minimum absolute atomic E-state index is 0.0841. The summed E-state index contributed by atoms with van der Waals surface area (Å²) >= 11 is 0. The number of nitrogens with one attached hydrogen (secondary N) is 2. The molecule has 0 spiro atoms. The number of hydrogen-bond acceptors (Lipinski definition) is 4. The lowest BCUT2D eigenvalue weighted by molar-refractivity contribution is -0.137. The van der Waals surface area contributed by atoms with E-state index in [0.29, 0.717) is 11.3 Å². The van der Waals surface area contributed by atoms with Crippen LogP contribution in [0.25, 0.3) is 0 Å². The molecule has 2 amide bonds. The molecule has 6 nitrogen and oxygen atoms in total. The number of halogens is 3. The minimum Gasteiger partial charge on any atom is -0.382 e. The molecule has 1 heterocycles. The van der Waals surface area contributed by atoms with Gasteiger partial charge in [-0.1, -0.05) is 47.1 Å². The number of alkyl halides is 3. The summed E-state index contributed by atoms with van der Waals surface area (Å²) in [7, 11) is 0. The van der Waals surface area contributed by atoms with Crippen LogP contribution in [0.4, 0.5) is 13.2 Å². The SMILES string of the molecule is Cc1ccc(C2=NOC(C(=O)NCC(=O)NCc3cccc(C(F)(F)F)c3)C2)cc1. The van der Waals surface area contributed by atoms with Crippen LogP contribution in [-0.4, -0.2) is 30.2 Å². The molecule has 0 aliphatic carbocycles. The van der Waals surface area contributed by atoms with E-state index in [0.717, 1.165) is 23.3 Å². The summed E-state index contributed by atoms with van der Waals surface area (Å²) in [5, 5.41) is 8.85. The molecule has 1 unspecified atom stereocenters. The zero-order valence-corrected chi connectivity index (χ0v) is 16.1. The molecule has 0 aromatic heterocycles. The number of benzene rings is 2. The smallest absolute Gasteiger partial charge is 0.382 e. The van der Waals surface area contributed by atoms with E-state index < -0.39 is 29.7 Å².